The maximum atomic E-state index is 12.3. The van der Waals surface area contributed by atoms with Crippen molar-refractivity contribution in [1.29, 1.82) is 0 Å². The highest BCUT2D eigenvalue weighted by atomic mass is 16.3. The van der Waals surface area contributed by atoms with Crippen molar-refractivity contribution in [3.05, 3.63) is 11.6 Å². The number of allylic oxidation sites excluding steroid dienone is 2. The van der Waals surface area contributed by atoms with Crippen LogP contribution < -0.4 is 0 Å². The molecule has 204 valence electrons. The van der Waals surface area contributed by atoms with Crippen LogP contribution in [0.15, 0.2) is 11.6 Å². The number of aliphatic hydroxyl groups is 5. The number of aldehydes is 1. The van der Waals surface area contributed by atoms with Crippen molar-refractivity contribution in [2.45, 2.75) is 111 Å². The molecule has 0 aliphatic heterocycles. The molecule has 0 aromatic heterocycles. The lowest BCUT2D eigenvalue weighted by atomic mass is 9.33. The van der Waals surface area contributed by atoms with Crippen molar-refractivity contribution in [2.75, 3.05) is 6.61 Å². The Morgan fingerprint density at radius 3 is 2.17 bits per heavy atom. The molecule has 4 saturated carbocycles. The molecule has 6 nitrogen and oxygen atoms in total. The lowest BCUT2D eigenvalue weighted by molar-refractivity contribution is -0.256. The molecule has 4 fully saturated rings. The van der Waals surface area contributed by atoms with Gasteiger partial charge in [-0.05, 0) is 84.4 Å². The lowest BCUT2D eigenvalue weighted by Gasteiger charge is -2.72. The smallest absolute Gasteiger partial charge is 0.128 e. The van der Waals surface area contributed by atoms with Crippen LogP contribution in [-0.2, 0) is 4.79 Å². The van der Waals surface area contributed by atoms with Crippen LogP contribution in [0.3, 0.4) is 0 Å². The van der Waals surface area contributed by atoms with Crippen molar-refractivity contribution >= 4 is 6.29 Å². The van der Waals surface area contributed by atoms with E-state index in [9.17, 15) is 30.3 Å². The third-order valence-corrected chi connectivity index (χ3v) is 13.4. The molecule has 0 amide bonds. The molecule has 5 rings (SSSR count). The van der Waals surface area contributed by atoms with Gasteiger partial charge in [-0.25, -0.2) is 0 Å². The van der Waals surface area contributed by atoms with E-state index >= 15 is 0 Å². The highest BCUT2D eigenvalue weighted by Gasteiger charge is 2.72. The molecule has 5 aliphatic carbocycles. The van der Waals surface area contributed by atoms with Crippen molar-refractivity contribution in [3.63, 3.8) is 0 Å². The molecule has 0 saturated heterocycles. The second-order valence-electron chi connectivity index (χ2n) is 15.0. The van der Waals surface area contributed by atoms with Crippen LogP contribution >= 0.6 is 0 Å². The number of carbonyl (C=O) groups excluding carboxylic acids is 1. The summed E-state index contributed by atoms with van der Waals surface area (Å²) in [6.45, 7) is 12.5. The fourth-order valence-corrected chi connectivity index (χ4v) is 10.8. The van der Waals surface area contributed by atoms with E-state index in [4.69, 9.17) is 0 Å². The second-order valence-corrected chi connectivity index (χ2v) is 15.0. The van der Waals surface area contributed by atoms with E-state index in [1.807, 2.05) is 20.8 Å². The highest BCUT2D eigenvalue weighted by molar-refractivity contribution is 5.61. The van der Waals surface area contributed by atoms with Crippen molar-refractivity contribution in [2.24, 2.45) is 50.2 Å². The number of hydrogen-bond acceptors (Lipinski definition) is 6. The van der Waals surface area contributed by atoms with Crippen LogP contribution in [0.1, 0.15) is 86.5 Å². The Kier molecular flexibility index (Phi) is 5.86. The van der Waals surface area contributed by atoms with Gasteiger partial charge in [-0.1, -0.05) is 53.2 Å². The molecule has 0 unspecified atom stereocenters. The van der Waals surface area contributed by atoms with E-state index in [2.05, 4.69) is 26.8 Å². The summed E-state index contributed by atoms with van der Waals surface area (Å²) >= 11 is 0. The Balaban J connectivity index is 1.63. The molecule has 0 bridgehead atoms. The van der Waals surface area contributed by atoms with Crippen LogP contribution in [0.2, 0.25) is 0 Å². The fourth-order valence-electron chi connectivity index (χ4n) is 10.8. The predicted octanol–water partition coefficient (Wildman–Crippen LogP) is 3.23. The molecule has 0 aromatic rings. The van der Waals surface area contributed by atoms with Crippen molar-refractivity contribution in [3.8, 4) is 0 Å². The molecular weight excluding hydrogens is 456 g/mol. The molecule has 5 aliphatic rings. The van der Waals surface area contributed by atoms with Gasteiger partial charge >= 0.3 is 0 Å². The average Bonchev–Trinajstić information content (AvgIpc) is 2.81. The molecule has 0 spiro atoms. The molecule has 0 radical (unpaired) electrons. The number of fused-ring (bicyclic) bond motifs is 7. The zero-order valence-corrected chi connectivity index (χ0v) is 23.0. The molecule has 5 N–H and O–H groups in total. The van der Waals surface area contributed by atoms with E-state index in [-0.39, 0.29) is 34.7 Å². The summed E-state index contributed by atoms with van der Waals surface area (Å²) in [5, 5.41) is 55.6. The third kappa shape index (κ3) is 2.89. The first-order valence-electron chi connectivity index (χ1n) is 14.1. The van der Waals surface area contributed by atoms with Gasteiger partial charge in [-0.3, -0.25) is 0 Å². The summed E-state index contributed by atoms with van der Waals surface area (Å²) in [5.41, 5.74) is -1.81. The number of hydrogen-bond donors (Lipinski definition) is 5. The SMILES string of the molecule is CC1(C)C[C@H]2C3=CC[C@@H]4[C@@]5(C)CC[C@H](O)[C@](C)(C=O)[C@@H]5CC[C@@]4(C)[C@]3(C)C[C@@H](O)[C@@]2(CO)[C@@H](O)[C@@H]1O. The first kappa shape index (κ1) is 26.8. The first-order valence-corrected chi connectivity index (χ1v) is 14.1. The quantitative estimate of drug-likeness (QED) is 0.291. The standard InChI is InChI=1S/C30H48O6/c1-25(2)13-18-17-7-8-20-26(3)11-10-21(33)27(4,15-31)19(26)9-12-28(20,5)29(17,6)14-22(34)30(18,16-32)24(36)23(25)35/h7,15,18-24,32-36H,8-14,16H2,1-6H3/t18-,19+,20+,21-,22+,23-,24-,26-,27+,28+,29+,30-/m0/s1. The van der Waals surface area contributed by atoms with Gasteiger partial charge in [0.15, 0.2) is 0 Å². The molecule has 6 heteroatoms. The summed E-state index contributed by atoms with van der Waals surface area (Å²) in [6.07, 6.45) is 4.72. The van der Waals surface area contributed by atoms with E-state index in [0.717, 1.165) is 32.0 Å². The summed E-state index contributed by atoms with van der Waals surface area (Å²) in [4.78, 5) is 12.3. The number of rotatable bonds is 2. The molecule has 0 aromatic carbocycles. The van der Waals surface area contributed by atoms with Crippen molar-refractivity contribution < 1.29 is 30.3 Å². The van der Waals surface area contributed by atoms with Crippen molar-refractivity contribution in [1.82, 2.24) is 0 Å². The second kappa shape index (κ2) is 7.88. The van der Waals surface area contributed by atoms with Gasteiger partial charge in [0, 0.05) is 0 Å². The molecule has 36 heavy (non-hydrogen) atoms. The average molecular weight is 505 g/mol. The zero-order valence-electron chi connectivity index (χ0n) is 23.0. The maximum Gasteiger partial charge on any atom is 0.128 e. The third-order valence-electron chi connectivity index (χ3n) is 13.4. The normalized spacial score (nSPS) is 58.0. The van der Waals surface area contributed by atoms with Gasteiger partial charge in [0.05, 0.1) is 41.9 Å². The minimum atomic E-state index is -1.20. The highest BCUT2D eigenvalue weighted by Crippen LogP contribution is 2.75. The predicted molar refractivity (Wildman–Crippen MR) is 137 cm³/mol. The summed E-state index contributed by atoms with van der Waals surface area (Å²) in [5.74, 6) is 0.185. The van der Waals surface area contributed by atoms with Crippen LogP contribution in [0.25, 0.3) is 0 Å². The maximum absolute atomic E-state index is 12.3. The minimum Gasteiger partial charge on any atom is -0.396 e. The van der Waals surface area contributed by atoms with E-state index in [0.29, 0.717) is 25.2 Å². The summed E-state index contributed by atoms with van der Waals surface area (Å²) < 4.78 is 0. The van der Waals surface area contributed by atoms with Gasteiger partial charge in [0.1, 0.15) is 6.29 Å². The molecule has 0 heterocycles. The molecular formula is C30H48O6. The van der Waals surface area contributed by atoms with E-state index in [1.54, 1.807) is 0 Å². The summed E-state index contributed by atoms with van der Waals surface area (Å²) in [7, 11) is 0. The fraction of sp³-hybridized carbons (Fsp3) is 0.900. The largest absolute Gasteiger partial charge is 0.396 e. The Hall–Kier alpha value is -0.790. The van der Waals surface area contributed by atoms with Gasteiger partial charge in [0.2, 0.25) is 0 Å². The Morgan fingerprint density at radius 2 is 1.56 bits per heavy atom. The monoisotopic (exact) mass is 504 g/mol. The van der Waals surface area contributed by atoms with Gasteiger partial charge in [0.25, 0.3) is 0 Å². The zero-order chi connectivity index (χ0) is 26.7. The van der Waals surface area contributed by atoms with Gasteiger partial charge in [-0.2, -0.15) is 0 Å². The Morgan fingerprint density at radius 1 is 0.889 bits per heavy atom. The Bertz CT molecular complexity index is 961. The van der Waals surface area contributed by atoms with Crippen LogP contribution in [0.5, 0.6) is 0 Å². The molecule has 12 atom stereocenters. The Labute approximate surface area is 216 Å². The number of carbonyl (C=O) groups is 1. The summed E-state index contributed by atoms with van der Waals surface area (Å²) in [6, 6.07) is 0. The lowest BCUT2D eigenvalue weighted by Crippen LogP contribution is -2.71. The van der Waals surface area contributed by atoms with Gasteiger partial charge < -0.3 is 30.3 Å². The van der Waals surface area contributed by atoms with Gasteiger partial charge in [-0.15, -0.1) is 0 Å². The van der Waals surface area contributed by atoms with Crippen LogP contribution in [-0.4, -0.2) is 62.8 Å². The minimum absolute atomic E-state index is 0.106. The first-order chi connectivity index (χ1) is 16.6. The van der Waals surface area contributed by atoms with E-state index < -0.39 is 40.7 Å². The number of aliphatic hydroxyl groups excluding tert-OH is 5. The van der Waals surface area contributed by atoms with E-state index in [1.165, 1.54) is 5.57 Å². The topological polar surface area (TPSA) is 118 Å². The van der Waals surface area contributed by atoms with Crippen LogP contribution in [0, 0.1) is 50.2 Å². The van der Waals surface area contributed by atoms with Crippen LogP contribution in [0.4, 0.5) is 0 Å².